The number of nitrogens with one attached hydrogen (secondary N) is 2. The van der Waals surface area contributed by atoms with Crippen LogP contribution in [-0.2, 0) is 12.5 Å². The molecule has 0 aliphatic heterocycles. The highest BCUT2D eigenvalue weighted by atomic mass is 35.5. The van der Waals surface area contributed by atoms with E-state index >= 15 is 0 Å². The third-order valence-corrected chi connectivity index (χ3v) is 5.33. The molecule has 1 saturated carbocycles. The number of hydroxylamine groups is 1. The summed E-state index contributed by atoms with van der Waals surface area (Å²) in [5.74, 6) is 1.12. The van der Waals surface area contributed by atoms with Crippen LogP contribution in [0.3, 0.4) is 0 Å². The van der Waals surface area contributed by atoms with Crippen molar-refractivity contribution in [2.75, 3.05) is 5.32 Å². The number of urea groups is 1. The standard InChI is InChI=1S/C19H17ClFN5O2/c1-26-16(14-7-6-13(10-15(14)20)22-18(27)25-28)23-24-17(26)19(8-9-19)11-2-4-12(21)5-3-11/h2-7,10,28H,8-9H2,1H3,(H2,22,25,27). The Morgan fingerprint density at radius 2 is 1.93 bits per heavy atom. The van der Waals surface area contributed by atoms with E-state index in [0.717, 1.165) is 24.2 Å². The van der Waals surface area contributed by atoms with Gasteiger partial charge in [-0.05, 0) is 48.7 Å². The van der Waals surface area contributed by atoms with E-state index in [1.807, 2.05) is 11.6 Å². The van der Waals surface area contributed by atoms with Gasteiger partial charge < -0.3 is 9.88 Å². The Morgan fingerprint density at radius 3 is 2.54 bits per heavy atom. The number of hydrogen-bond donors (Lipinski definition) is 3. The molecule has 0 unspecified atom stereocenters. The van der Waals surface area contributed by atoms with E-state index < -0.39 is 6.03 Å². The second-order valence-corrected chi connectivity index (χ2v) is 7.16. The number of anilines is 1. The summed E-state index contributed by atoms with van der Waals surface area (Å²) in [5, 5.41) is 20.1. The SMILES string of the molecule is Cn1c(-c2ccc(NC(=O)NO)cc2Cl)nnc1C1(c2ccc(F)cc2)CC1. The number of benzene rings is 2. The highest BCUT2D eigenvalue weighted by Crippen LogP contribution is 2.53. The summed E-state index contributed by atoms with van der Waals surface area (Å²) in [7, 11) is 1.87. The monoisotopic (exact) mass is 401 g/mol. The van der Waals surface area contributed by atoms with Crippen LogP contribution in [0.5, 0.6) is 0 Å². The van der Waals surface area contributed by atoms with Gasteiger partial charge in [-0.3, -0.25) is 5.21 Å². The number of rotatable bonds is 4. The highest BCUT2D eigenvalue weighted by Gasteiger charge is 2.50. The Balaban J connectivity index is 1.68. The average Bonchev–Trinajstić information content (AvgIpc) is 3.39. The molecule has 144 valence electrons. The van der Waals surface area contributed by atoms with Gasteiger partial charge in [0.05, 0.1) is 10.4 Å². The van der Waals surface area contributed by atoms with E-state index in [2.05, 4.69) is 15.5 Å². The fourth-order valence-electron chi connectivity index (χ4n) is 3.45. The Kier molecular flexibility index (Phi) is 4.52. The maximum absolute atomic E-state index is 13.3. The van der Waals surface area contributed by atoms with Gasteiger partial charge in [-0.15, -0.1) is 10.2 Å². The first-order valence-corrected chi connectivity index (χ1v) is 8.99. The topological polar surface area (TPSA) is 92.1 Å². The van der Waals surface area contributed by atoms with Crippen molar-refractivity contribution in [1.82, 2.24) is 20.2 Å². The summed E-state index contributed by atoms with van der Waals surface area (Å²) in [6.07, 6.45) is 1.83. The maximum atomic E-state index is 13.3. The molecule has 0 atom stereocenters. The maximum Gasteiger partial charge on any atom is 0.342 e. The smallest absolute Gasteiger partial charge is 0.313 e. The molecule has 2 aromatic carbocycles. The van der Waals surface area contributed by atoms with Crippen molar-refractivity contribution in [3.8, 4) is 11.4 Å². The molecule has 28 heavy (non-hydrogen) atoms. The van der Waals surface area contributed by atoms with E-state index in [1.165, 1.54) is 17.6 Å². The van der Waals surface area contributed by atoms with Crippen molar-refractivity contribution in [2.45, 2.75) is 18.3 Å². The van der Waals surface area contributed by atoms with Gasteiger partial charge in [-0.25, -0.2) is 14.7 Å². The number of carbonyl (C=O) groups is 1. The van der Waals surface area contributed by atoms with Crippen LogP contribution in [0.15, 0.2) is 42.5 Å². The fraction of sp³-hybridized carbons (Fsp3) is 0.211. The van der Waals surface area contributed by atoms with Gasteiger partial charge in [0.1, 0.15) is 11.6 Å². The van der Waals surface area contributed by atoms with Crippen LogP contribution in [0.25, 0.3) is 11.4 Å². The zero-order valence-corrected chi connectivity index (χ0v) is 15.7. The molecule has 1 aromatic heterocycles. The van der Waals surface area contributed by atoms with Crippen molar-refractivity contribution in [1.29, 1.82) is 0 Å². The third kappa shape index (κ3) is 3.10. The quantitative estimate of drug-likeness (QED) is 0.457. The molecule has 0 spiro atoms. The molecular weight excluding hydrogens is 385 g/mol. The molecule has 4 rings (SSSR count). The van der Waals surface area contributed by atoms with Crippen molar-refractivity contribution in [2.24, 2.45) is 7.05 Å². The molecule has 1 aliphatic rings. The Morgan fingerprint density at radius 1 is 1.21 bits per heavy atom. The van der Waals surface area contributed by atoms with Crippen molar-refractivity contribution in [3.63, 3.8) is 0 Å². The van der Waals surface area contributed by atoms with Gasteiger partial charge in [0.15, 0.2) is 5.82 Å². The van der Waals surface area contributed by atoms with Crippen LogP contribution in [-0.4, -0.2) is 26.0 Å². The average molecular weight is 402 g/mol. The number of aromatic nitrogens is 3. The summed E-state index contributed by atoms with van der Waals surface area (Å²) in [6, 6.07) is 10.7. The van der Waals surface area contributed by atoms with Gasteiger partial charge in [-0.1, -0.05) is 23.7 Å². The molecule has 3 aromatic rings. The Bertz CT molecular complexity index is 1050. The second-order valence-electron chi connectivity index (χ2n) is 6.76. The van der Waals surface area contributed by atoms with Crippen LogP contribution < -0.4 is 10.8 Å². The molecule has 0 saturated heterocycles. The van der Waals surface area contributed by atoms with Gasteiger partial charge in [0, 0.05) is 18.3 Å². The molecule has 1 fully saturated rings. The number of halogens is 2. The fourth-order valence-corrected chi connectivity index (χ4v) is 3.71. The van der Waals surface area contributed by atoms with Gasteiger partial charge >= 0.3 is 6.03 Å². The van der Waals surface area contributed by atoms with E-state index in [4.69, 9.17) is 16.8 Å². The first kappa shape index (κ1) is 18.4. The molecular formula is C19H17ClFN5O2. The molecule has 1 heterocycles. The minimum Gasteiger partial charge on any atom is -0.313 e. The van der Waals surface area contributed by atoms with E-state index in [9.17, 15) is 9.18 Å². The summed E-state index contributed by atoms with van der Waals surface area (Å²) in [4.78, 5) is 11.2. The Labute approximate surface area is 165 Å². The zero-order valence-electron chi connectivity index (χ0n) is 14.9. The van der Waals surface area contributed by atoms with Crippen LogP contribution in [0, 0.1) is 5.82 Å². The number of carbonyl (C=O) groups excluding carboxylic acids is 1. The summed E-state index contributed by atoms with van der Waals surface area (Å²) >= 11 is 6.38. The number of nitrogens with zero attached hydrogens (tertiary/aromatic N) is 3. The lowest BCUT2D eigenvalue weighted by Gasteiger charge is -2.16. The molecule has 9 heteroatoms. The third-order valence-electron chi connectivity index (χ3n) is 5.02. The molecule has 7 nitrogen and oxygen atoms in total. The lowest BCUT2D eigenvalue weighted by Crippen LogP contribution is -2.25. The van der Waals surface area contributed by atoms with Crippen LogP contribution in [0.1, 0.15) is 24.2 Å². The summed E-state index contributed by atoms with van der Waals surface area (Å²) in [5.41, 5.74) is 3.32. The normalized spacial score (nSPS) is 14.6. The molecule has 0 radical (unpaired) electrons. The lowest BCUT2D eigenvalue weighted by atomic mass is 9.95. The first-order valence-electron chi connectivity index (χ1n) is 8.61. The van der Waals surface area contributed by atoms with Crippen LogP contribution >= 0.6 is 11.6 Å². The number of amides is 2. The van der Waals surface area contributed by atoms with Crippen molar-refractivity contribution >= 4 is 23.3 Å². The van der Waals surface area contributed by atoms with Gasteiger partial charge in [0.25, 0.3) is 0 Å². The van der Waals surface area contributed by atoms with Gasteiger partial charge in [0.2, 0.25) is 0 Å². The first-order chi connectivity index (χ1) is 13.4. The largest absolute Gasteiger partial charge is 0.342 e. The van der Waals surface area contributed by atoms with Crippen molar-refractivity contribution in [3.05, 3.63) is 64.7 Å². The summed E-state index contributed by atoms with van der Waals surface area (Å²) in [6.45, 7) is 0. The Hall–Kier alpha value is -2.97. The van der Waals surface area contributed by atoms with E-state index in [-0.39, 0.29) is 11.2 Å². The molecule has 1 aliphatic carbocycles. The van der Waals surface area contributed by atoms with Crippen LogP contribution in [0.2, 0.25) is 5.02 Å². The highest BCUT2D eigenvalue weighted by molar-refractivity contribution is 6.33. The summed E-state index contributed by atoms with van der Waals surface area (Å²) < 4.78 is 15.2. The van der Waals surface area contributed by atoms with Gasteiger partial charge in [-0.2, -0.15) is 0 Å². The van der Waals surface area contributed by atoms with E-state index in [1.54, 1.807) is 30.3 Å². The predicted molar refractivity (Wildman–Crippen MR) is 102 cm³/mol. The molecule has 0 bridgehead atoms. The van der Waals surface area contributed by atoms with Crippen molar-refractivity contribution < 1.29 is 14.4 Å². The predicted octanol–water partition coefficient (Wildman–Crippen LogP) is 3.87. The van der Waals surface area contributed by atoms with Crippen LogP contribution in [0.4, 0.5) is 14.9 Å². The second kappa shape index (κ2) is 6.88. The number of hydrogen-bond acceptors (Lipinski definition) is 4. The minimum atomic E-state index is -0.764. The zero-order chi connectivity index (χ0) is 19.9. The minimum absolute atomic E-state index is 0.263. The lowest BCUT2D eigenvalue weighted by molar-refractivity contribution is 0.172. The van der Waals surface area contributed by atoms with E-state index in [0.29, 0.717) is 22.1 Å². The molecule has 3 N–H and O–H groups in total. The molecule has 2 amide bonds.